The highest BCUT2D eigenvalue weighted by atomic mass is 19.1. The van der Waals surface area contributed by atoms with Gasteiger partial charge in [-0.1, -0.05) is 30.3 Å². The number of nitrogens with one attached hydrogen (secondary N) is 1. The summed E-state index contributed by atoms with van der Waals surface area (Å²) >= 11 is 0. The van der Waals surface area contributed by atoms with E-state index in [-0.39, 0.29) is 38.1 Å². The van der Waals surface area contributed by atoms with Crippen molar-refractivity contribution in [2.24, 2.45) is 5.41 Å². The van der Waals surface area contributed by atoms with Crippen LogP contribution in [-0.4, -0.2) is 64.6 Å². The van der Waals surface area contributed by atoms with Crippen molar-refractivity contribution < 1.29 is 23.5 Å². The van der Waals surface area contributed by atoms with Gasteiger partial charge in [-0.25, -0.2) is 9.18 Å². The average Bonchev–Trinajstić information content (AvgIpc) is 3.27. The van der Waals surface area contributed by atoms with Crippen LogP contribution in [0.1, 0.15) is 64.4 Å². The third-order valence-corrected chi connectivity index (χ3v) is 8.12. The number of carbonyl (C=O) groups excluding carboxylic acids is 3. The van der Waals surface area contributed by atoms with Crippen molar-refractivity contribution in [1.82, 2.24) is 15.1 Å². The Morgan fingerprint density at radius 1 is 1.17 bits per heavy atom. The monoisotopic (exact) mass is 498 g/mol. The molecule has 1 aliphatic heterocycles. The van der Waals surface area contributed by atoms with Crippen LogP contribution in [-0.2, 0) is 20.9 Å². The third-order valence-electron chi connectivity index (χ3n) is 8.12. The topological polar surface area (TPSA) is 103 Å². The predicted octanol–water partition coefficient (Wildman–Crippen LogP) is 3.71. The number of amides is 3. The SMILES string of the molecule is CC(C)NC(=O)C12CCC(N(CC(=O)N3CC(F)CC3C#N)C(=O)OCc3ccccc3)(CC1)CC2. The summed E-state index contributed by atoms with van der Waals surface area (Å²) in [6, 6.07) is 10.5. The molecule has 9 heteroatoms. The van der Waals surface area contributed by atoms with Gasteiger partial charge in [-0.05, 0) is 57.9 Å². The first-order valence-corrected chi connectivity index (χ1v) is 12.8. The Labute approximate surface area is 211 Å². The fraction of sp³-hybridized carbons (Fsp3) is 0.630. The molecule has 4 aliphatic rings. The number of halogens is 1. The molecule has 1 aromatic carbocycles. The summed E-state index contributed by atoms with van der Waals surface area (Å²) in [6.07, 6.45) is 1.76. The van der Waals surface area contributed by atoms with E-state index >= 15 is 0 Å². The summed E-state index contributed by atoms with van der Waals surface area (Å²) in [6.45, 7) is 3.53. The van der Waals surface area contributed by atoms with Gasteiger partial charge in [0, 0.05) is 23.4 Å². The van der Waals surface area contributed by atoms with E-state index in [0.717, 1.165) is 5.56 Å². The third kappa shape index (κ3) is 5.18. The Kier molecular flexibility index (Phi) is 7.53. The van der Waals surface area contributed by atoms with Gasteiger partial charge in [-0.15, -0.1) is 0 Å². The smallest absolute Gasteiger partial charge is 0.411 e. The van der Waals surface area contributed by atoms with Crippen molar-refractivity contribution >= 4 is 17.9 Å². The van der Waals surface area contributed by atoms with Crippen molar-refractivity contribution in [3.63, 3.8) is 0 Å². The molecule has 4 fully saturated rings. The molecule has 36 heavy (non-hydrogen) atoms. The van der Waals surface area contributed by atoms with E-state index in [1.165, 1.54) is 9.80 Å². The molecule has 3 amide bonds. The molecule has 3 aliphatic carbocycles. The Morgan fingerprint density at radius 3 is 2.39 bits per heavy atom. The van der Waals surface area contributed by atoms with Gasteiger partial charge < -0.3 is 15.0 Å². The van der Waals surface area contributed by atoms with Crippen LogP contribution < -0.4 is 5.32 Å². The first-order chi connectivity index (χ1) is 17.2. The molecule has 194 valence electrons. The van der Waals surface area contributed by atoms with Crippen molar-refractivity contribution in [1.29, 1.82) is 5.26 Å². The number of benzene rings is 1. The number of ether oxygens (including phenoxy) is 1. The molecule has 2 unspecified atom stereocenters. The minimum Gasteiger partial charge on any atom is -0.445 e. The van der Waals surface area contributed by atoms with Gasteiger partial charge in [-0.2, -0.15) is 5.26 Å². The van der Waals surface area contributed by atoms with Crippen LogP contribution >= 0.6 is 0 Å². The molecule has 1 heterocycles. The number of carbonyl (C=O) groups is 3. The zero-order valence-corrected chi connectivity index (χ0v) is 21.0. The zero-order chi connectivity index (χ0) is 25.9. The van der Waals surface area contributed by atoms with Crippen molar-refractivity contribution in [3.8, 4) is 6.07 Å². The normalized spacial score (nSPS) is 29.0. The lowest BCUT2D eigenvalue weighted by Gasteiger charge is -2.56. The number of fused-ring (bicyclic) bond motifs is 3. The molecule has 1 saturated heterocycles. The fourth-order valence-electron chi connectivity index (χ4n) is 5.96. The number of nitriles is 1. The van der Waals surface area contributed by atoms with Gasteiger partial charge in [0.15, 0.2) is 0 Å². The van der Waals surface area contributed by atoms with Gasteiger partial charge in [0.1, 0.15) is 25.4 Å². The van der Waals surface area contributed by atoms with E-state index in [0.29, 0.717) is 38.5 Å². The lowest BCUT2D eigenvalue weighted by molar-refractivity contribution is -0.145. The lowest BCUT2D eigenvalue weighted by atomic mass is 9.56. The maximum atomic E-state index is 14.0. The largest absolute Gasteiger partial charge is 0.445 e. The number of nitrogens with zero attached hydrogens (tertiary/aromatic N) is 3. The maximum absolute atomic E-state index is 14.0. The second-order valence-corrected chi connectivity index (χ2v) is 10.8. The number of alkyl halides is 1. The number of hydrogen-bond acceptors (Lipinski definition) is 5. The average molecular weight is 499 g/mol. The molecule has 2 atom stereocenters. The van der Waals surface area contributed by atoms with E-state index in [1.54, 1.807) is 0 Å². The molecule has 0 radical (unpaired) electrons. The molecule has 8 nitrogen and oxygen atoms in total. The Bertz CT molecular complexity index is 1000. The van der Waals surface area contributed by atoms with Crippen LogP contribution in [0.3, 0.4) is 0 Å². The van der Waals surface area contributed by atoms with Gasteiger partial charge in [0.2, 0.25) is 11.8 Å². The summed E-state index contributed by atoms with van der Waals surface area (Å²) in [5, 5.41) is 12.4. The lowest BCUT2D eigenvalue weighted by Crippen LogP contribution is -2.63. The van der Waals surface area contributed by atoms with Crippen LogP contribution in [0, 0.1) is 16.7 Å². The van der Waals surface area contributed by atoms with E-state index in [9.17, 15) is 24.0 Å². The van der Waals surface area contributed by atoms with E-state index in [2.05, 4.69) is 5.32 Å². The van der Waals surface area contributed by atoms with Gasteiger partial charge in [0.05, 0.1) is 12.6 Å². The van der Waals surface area contributed by atoms with Gasteiger partial charge >= 0.3 is 6.09 Å². The van der Waals surface area contributed by atoms with E-state index in [1.807, 2.05) is 50.2 Å². The fourth-order valence-corrected chi connectivity index (χ4v) is 5.96. The first kappa shape index (κ1) is 25.9. The summed E-state index contributed by atoms with van der Waals surface area (Å²) in [7, 11) is 0. The molecule has 1 N–H and O–H groups in total. The minimum atomic E-state index is -1.25. The van der Waals surface area contributed by atoms with Crippen LogP contribution in [0.2, 0.25) is 0 Å². The first-order valence-electron chi connectivity index (χ1n) is 12.8. The second kappa shape index (κ2) is 10.5. The maximum Gasteiger partial charge on any atom is 0.411 e. The second-order valence-electron chi connectivity index (χ2n) is 10.8. The summed E-state index contributed by atoms with van der Waals surface area (Å²) in [5.41, 5.74) is -0.228. The number of likely N-dealkylation sites (tertiary alicyclic amines) is 1. The molecule has 0 spiro atoms. The highest BCUT2D eigenvalue weighted by Gasteiger charge is 2.56. The molecular formula is C27H35FN4O4. The highest BCUT2D eigenvalue weighted by Crippen LogP contribution is 2.55. The zero-order valence-electron chi connectivity index (χ0n) is 21.0. The Morgan fingerprint density at radius 2 is 1.81 bits per heavy atom. The van der Waals surface area contributed by atoms with Crippen molar-refractivity contribution in [3.05, 3.63) is 35.9 Å². The van der Waals surface area contributed by atoms with Crippen LogP contribution in [0.4, 0.5) is 9.18 Å². The summed E-state index contributed by atoms with van der Waals surface area (Å²) in [4.78, 5) is 42.4. The number of rotatable bonds is 7. The quantitative estimate of drug-likeness (QED) is 0.618. The summed E-state index contributed by atoms with van der Waals surface area (Å²) < 4.78 is 19.6. The predicted molar refractivity (Wildman–Crippen MR) is 130 cm³/mol. The van der Waals surface area contributed by atoms with Crippen LogP contribution in [0.15, 0.2) is 30.3 Å². The molecular weight excluding hydrogens is 463 g/mol. The van der Waals surface area contributed by atoms with Gasteiger partial charge in [-0.3, -0.25) is 14.5 Å². The molecule has 0 aromatic heterocycles. The van der Waals surface area contributed by atoms with Gasteiger partial charge in [0.25, 0.3) is 0 Å². The molecule has 1 aromatic rings. The summed E-state index contributed by atoms with van der Waals surface area (Å²) in [5.74, 6) is -0.393. The molecule has 2 bridgehead atoms. The van der Waals surface area contributed by atoms with E-state index in [4.69, 9.17) is 4.74 Å². The minimum absolute atomic E-state index is 0.0146. The Hall–Kier alpha value is -3.15. The molecule has 3 saturated carbocycles. The molecule has 5 rings (SSSR count). The van der Waals surface area contributed by atoms with Crippen molar-refractivity contribution in [2.45, 2.75) is 89.2 Å². The van der Waals surface area contributed by atoms with Crippen LogP contribution in [0.5, 0.6) is 0 Å². The Balaban J connectivity index is 1.52. The standard InChI is InChI=1S/C27H35FN4O4/c1-19(2)30-24(34)26-8-11-27(12-9-26,13-10-26)32(25(35)36-18-20-6-4-3-5-7-20)17-23(33)31-16-21(28)14-22(31)15-29/h3-7,19,21-22H,8-14,16-18H2,1-2H3,(H,30,34). The van der Waals surface area contributed by atoms with Crippen LogP contribution in [0.25, 0.3) is 0 Å². The van der Waals surface area contributed by atoms with E-state index < -0.39 is 35.2 Å². The van der Waals surface area contributed by atoms with Crippen molar-refractivity contribution in [2.75, 3.05) is 13.1 Å². The number of hydrogen-bond donors (Lipinski definition) is 1. The highest BCUT2D eigenvalue weighted by molar-refractivity contribution is 5.85.